The predicted octanol–water partition coefficient (Wildman–Crippen LogP) is 4.20. The predicted molar refractivity (Wildman–Crippen MR) is 74.2 cm³/mol. The maximum Gasteiger partial charge on any atom is 0.123 e. The smallest absolute Gasteiger partial charge is 0.123 e. The standard InChI is InChI=1S/C14H19BrFN/c1-10-5-6-17(9-11(10)2)14-4-3-13(16)7-12(14)8-15/h3-4,7,10-11H,5-6,8-9H2,1-2H3. The molecule has 2 atom stereocenters. The summed E-state index contributed by atoms with van der Waals surface area (Å²) in [5.41, 5.74) is 2.23. The second kappa shape index (κ2) is 5.38. The molecule has 0 bridgehead atoms. The van der Waals surface area contributed by atoms with Gasteiger partial charge >= 0.3 is 0 Å². The van der Waals surface area contributed by atoms with E-state index in [1.54, 1.807) is 12.1 Å². The molecule has 1 fully saturated rings. The van der Waals surface area contributed by atoms with Crippen molar-refractivity contribution in [1.82, 2.24) is 0 Å². The van der Waals surface area contributed by atoms with Gasteiger partial charge in [-0.05, 0) is 42.0 Å². The van der Waals surface area contributed by atoms with Gasteiger partial charge in [0.25, 0.3) is 0 Å². The number of benzene rings is 1. The summed E-state index contributed by atoms with van der Waals surface area (Å²) in [6.45, 7) is 6.77. The average molecular weight is 300 g/mol. The molecule has 0 N–H and O–H groups in total. The molecule has 0 radical (unpaired) electrons. The van der Waals surface area contributed by atoms with E-state index in [1.807, 2.05) is 6.07 Å². The van der Waals surface area contributed by atoms with Crippen LogP contribution in [-0.4, -0.2) is 13.1 Å². The third kappa shape index (κ3) is 2.82. The normalized spacial score (nSPS) is 25.1. The van der Waals surface area contributed by atoms with Crippen molar-refractivity contribution in [2.45, 2.75) is 25.6 Å². The largest absolute Gasteiger partial charge is 0.371 e. The number of rotatable bonds is 2. The number of nitrogens with zero attached hydrogens (tertiary/aromatic N) is 1. The lowest BCUT2D eigenvalue weighted by molar-refractivity contribution is 0.323. The summed E-state index contributed by atoms with van der Waals surface area (Å²) in [7, 11) is 0. The Hall–Kier alpha value is -0.570. The van der Waals surface area contributed by atoms with Crippen molar-refractivity contribution in [3.8, 4) is 0 Å². The van der Waals surface area contributed by atoms with Crippen molar-refractivity contribution >= 4 is 21.6 Å². The summed E-state index contributed by atoms with van der Waals surface area (Å²) in [4.78, 5) is 2.39. The molecule has 1 saturated heterocycles. The van der Waals surface area contributed by atoms with Crippen LogP contribution >= 0.6 is 15.9 Å². The van der Waals surface area contributed by atoms with Gasteiger partial charge in [0.05, 0.1) is 0 Å². The van der Waals surface area contributed by atoms with E-state index in [0.717, 1.165) is 24.6 Å². The van der Waals surface area contributed by atoms with Crippen LogP contribution in [0.5, 0.6) is 0 Å². The van der Waals surface area contributed by atoms with E-state index >= 15 is 0 Å². The van der Waals surface area contributed by atoms with Gasteiger partial charge in [-0.15, -0.1) is 0 Å². The molecule has 1 nitrogen and oxygen atoms in total. The summed E-state index contributed by atoms with van der Waals surface area (Å²) in [6, 6.07) is 5.10. The van der Waals surface area contributed by atoms with Crippen LogP contribution in [0.3, 0.4) is 0 Å². The van der Waals surface area contributed by atoms with Gasteiger partial charge in [-0.3, -0.25) is 0 Å². The summed E-state index contributed by atoms with van der Waals surface area (Å²) < 4.78 is 13.2. The van der Waals surface area contributed by atoms with Crippen molar-refractivity contribution < 1.29 is 4.39 Å². The van der Waals surface area contributed by atoms with E-state index in [-0.39, 0.29) is 5.82 Å². The highest BCUT2D eigenvalue weighted by atomic mass is 79.9. The zero-order valence-corrected chi connectivity index (χ0v) is 12.0. The Balaban J connectivity index is 2.22. The Labute approximate surface area is 111 Å². The zero-order valence-electron chi connectivity index (χ0n) is 10.4. The lowest BCUT2D eigenvalue weighted by Crippen LogP contribution is -2.38. The molecule has 2 rings (SSSR count). The Bertz CT molecular complexity index is 394. The Kier molecular flexibility index (Phi) is 4.08. The monoisotopic (exact) mass is 299 g/mol. The van der Waals surface area contributed by atoms with Crippen LogP contribution in [0.4, 0.5) is 10.1 Å². The summed E-state index contributed by atoms with van der Waals surface area (Å²) in [5.74, 6) is 1.35. The van der Waals surface area contributed by atoms with Crippen LogP contribution < -0.4 is 4.90 Å². The molecule has 1 aliphatic heterocycles. The van der Waals surface area contributed by atoms with Crippen molar-refractivity contribution in [3.63, 3.8) is 0 Å². The fourth-order valence-electron chi connectivity index (χ4n) is 2.45. The average Bonchev–Trinajstić information content (AvgIpc) is 2.32. The SMILES string of the molecule is CC1CCN(c2ccc(F)cc2CBr)CC1C. The summed E-state index contributed by atoms with van der Waals surface area (Å²) in [6.07, 6.45) is 1.22. The van der Waals surface area contributed by atoms with Gasteiger partial charge < -0.3 is 4.90 Å². The zero-order chi connectivity index (χ0) is 12.4. The van der Waals surface area contributed by atoms with Crippen molar-refractivity contribution in [2.24, 2.45) is 11.8 Å². The minimum Gasteiger partial charge on any atom is -0.371 e. The molecule has 1 aromatic rings. The summed E-state index contributed by atoms with van der Waals surface area (Å²) >= 11 is 3.44. The minimum absolute atomic E-state index is 0.151. The van der Waals surface area contributed by atoms with Crippen LogP contribution in [0.15, 0.2) is 18.2 Å². The van der Waals surface area contributed by atoms with Crippen molar-refractivity contribution in [3.05, 3.63) is 29.6 Å². The molecule has 1 aromatic carbocycles. The van der Waals surface area contributed by atoms with Crippen LogP contribution in [-0.2, 0) is 5.33 Å². The molecular formula is C14H19BrFN. The molecule has 94 valence electrons. The molecular weight excluding hydrogens is 281 g/mol. The van der Waals surface area contributed by atoms with Gasteiger partial charge in [-0.2, -0.15) is 0 Å². The second-order valence-electron chi connectivity index (χ2n) is 5.10. The first-order chi connectivity index (χ1) is 8.11. The topological polar surface area (TPSA) is 3.24 Å². The highest BCUT2D eigenvalue weighted by Crippen LogP contribution is 2.30. The summed E-state index contributed by atoms with van der Waals surface area (Å²) in [5, 5.41) is 0.709. The first-order valence-electron chi connectivity index (χ1n) is 6.21. The molecule has 17 heavy (non-hydrogen) atoms. The Morgan fingerprint density at radius 3 is 2.76 bits per heavy atom. The lowest BCUT2D eigenvalue weighted by Gasteiger charge is -2.37. The van der Waals surface area contributed by atoms with Crippen LogP contribution in [0.1, 0.15) is 25.8 Å². The molecule has 0 spiro atoms. The molecule has 2 unspecified atom stereocenters. The van der Waals surface area contributed by atoms with E-state index in [9.17, 15) is 4.39 Å². The van der Waals surface area contributed by atoms with Crippen LogP contribution in [0, 0.1) is 17.7 Å². The van der Waals surface area contributed by atoms with E-state index in [1.165, 1.54) is 12.1 Å². The van der Waals surface area contributed by atoms with Gasteiger partial charge in [-0.25, -0.2) is 4.39 Å². The molecule has 3 heteroatoms. The van der Waals surface area contributed by atoms with E-state index < -0.39 is 0 Å². The first-order valence-corrected chi connectivity index (χ1v) is 7.33. The van der Waals surface area contributed by atoms with Gasteiger partial charge in [0, 0.05) is 24.1 Å². The lowest BCUT2D eigenvalue weighted by atomic mass is 9.88. The minimum atomic E-state index is -0.151. The van der Waals surface area contributed by atoms with Crippen LogP contribution in [0.25, 0.3) is 0 Å². The first kappa shape index (κ1) is 12.9. The molecule has 0 aliphatic carbocycles. The number of alkyl halides is 1. The maximum absolute atomic E-state index is 13.2. The number of hydrogen-bond acceptors (Lipinski definition) is 1. The molecule has 1 aliphatic rings. The highest BCUT2D eigenvalue weighted by molar-refractivity contribution is 9.08. The van der Waals surface area contributed by atoms with Gasteiger partial charge in [0.1, 0.15) is 5.82 Å². The third-order valence-corrected chi connectivity index (χ3v) is 4.46. The molecule has 0 aromatic heterocycles. The highest BCUT2D eigenvalue weighted by Gasteiger charge is 2.23. The van der Waals surface area contributed by atoms with E-state index in [2.05, 4.69) is 34.7 Å². The quantitative estimate of drug-likeness (QED) is 0.740. The van der Waals surface area contributed by atoms with Crippen LogP contribution in [0.2, 0.25) is 0 Å². The number of anilines is 1. The number of piperidine rings is 1. The molecule has 0 amide bonds. The van der Waals surface area contributed by atoms with Gasteiger partial charge in [-0.1, -0.05) is 29.8 Å². The molecule has 1 heterocycles. The Morgan fingerprint density at radius 1 is 1.35 bits per heavy atom. The maximum atomic E-state index is 13.2. The van der Waals surface area contributed by atoms with Gasteiger partial charge in [0.2, 0.25) is 0 Å². The van der Waals surface area contributed by atoms with Gasteiger partial charge in [0.15, 0.2) is 0 Å². The fourth-order valence-corrected chi connectivity index (χ4v) is 2.90. The fraction of sp³-hybridized carbons (Fsp3) is 0.571. The van der Waals surface area contributed by atoms with Crippen molar-refractivity contribution in [1.29, 1.82) is 0 Å². The Morgan fingerprint density at radius 2 is 2.12 bits per heavy atom. The second-order valence-corrected chi connectivity index (χ2v) is 5.66. The van der Waals surface area contributed by atoms with E-state index in [0.29, 0.717) is 11.2 Å². The number of hydrogen-bond donors (Lipinski definition) is 0. The number of halogens is 2. The van der Waals surface area contributed by atoms with E-state index in [4.69, 9.17) is 0 Å². The molecule has 0 saturated carbocycles. The van der Waals surface area contributed by atoms with Crippen molar-refractivity contribution in [2.75, 3.05) is 18.0 Å². The third-order valence-electron chi connectivity index (χ3n) is 3.86.